The van der Waals surface area contributed by atoms with Gasteiger partial charge < -0.3 is 15.3 Å². The highest BCUT2D eigenvalue weighted by Gasteiger charge is 2.03. The van der Waals surface area contributed by atoms with Crippen molar-refractivity contribution in [3.8, 4) is 11.6 Å². The predicted octanol–water partition coefficient (Wildman–Crippen LogP) is 4.02. The number of pyridine rings is 1. The predicted molar refractivity (Wildman–Crippen MR) is 97.4 cm³/mol. The summed E-state index contributed by atoms with van der Waals surface area (Å²) in [6, 6.07) is 21.0. The first-order valence-electron chi connectivity index (χ1n) is 7.91. The summed E-state index contributed by atoms with van der Waals surface area (Å²) in [5.41, 5.74) is 8.84. The number of para-hydroxylation sites is 1. The van der Waals surface area contributed by atoms with Gasteiger partial charge in [0.15, 0.2) is 5.84 Å². The molecule has 0 spiro atoms. The maximum atomic E-state index is 5.94. The van der Waals surface area contributed by atoms with Crippen molar-refractivity contribution >= 4 is 5.84 Å². The van der Waals surface area contributed by atoms with E-state index in [1.807, 2.05) is 61.5 Å². The Labute approximate surface area is 146 Å². The fourth-order valence-electron chi connectivity index (χ4n) is 2.20. The standard InChI is InChI=1S/C20H19N3O2/c1-15-7-5-6-8-17(15)14-24-23-20(21)16-11-12-19(22-13-16)25-18-9-3-2-4-10-18/h2-13H,14H2,1H3,(H2,21,23). The molecular formula is C20H19N3O2. The van der Waals surface area contributed by atoms with Crippen LogP contribution in [0.3, 0.4) is 0 Å². The summed E-state index contributed by atoms with van der Waals surface area (Å²) in [7, 11) is 0. The summed E-state index contributed by atoms with van der Waals surface area (Å²) in [5, 5.41) is 3.96. The molecule has 0 saturated heterocycles. The van der Waals surface area contributed by atoms with Gasteiger partial charge in [-0.1, -0.05) is 47.6 Å². The number of amidine groups is 1. The minimum Gasteiger partial charge on any atom is -0.439 e. The molecule has 0 amide bonds. The molecule has 0 saturated carbocycles. The summed E-state index contributed by atoms with van der Waals surface area (Å²) in [4.78, 5) is 9.58. The molecule has 2 aromatic carbocycles. The number of aryl methyl sites for hydroxylation is 1. The lowest BCUT2D eigenvalue weighted by Gasteiger charge is -2.06. The van der Waals surface area contributed by atoms with Crippen molar-refractivity contribution in [3.63, 3.8) is 0 Å². The van der Waals surface area contributed by atoms with Crippen molar-refractivity contribution in [1.29, 1.82) is 0 Å². The molecule has 3 aromatic rings. The Kier molecular flexibility index (Phi) is 5.26. The van der Waals surface area contributed by atoms with E-state index in [0.29, 0.717) is 18.1 Å². The number of nitrogens with two attached hydrogens (primary N) is 1. The SMILES string of the molecule is Cc1ccccc1CON=C(N)c1ccc(Oc2ccccc2)nc1. The number of hydrogen-bond acceptors (Lipinski definition) is 4. The first-order valence-corrected chi connectivity index (χ1v) is 7.91. The zero-order chi connectivity index (χ0) is 17.5. The highest BCUT2D eigenvalue weighted by atomic mass is 16.6. The molecule has 5 heteroatoms. The van der Waals surface area contributed by atoms with Crippen molar-refractivity contribution in [3.05, 3.63) is 89.6 Å². The average Bonchev–Trinajstić information content (AvgIpc) is 2.65. The Hall–Kier alpha value is -3.34. The van der Waals surface area contributed by atoms with E-state index in [1.54, 1.807) is 18.3 Å². The molecule has 0 fully saturated rings. The number of aromatic nitrogens is 1. The maximum absolute atomic E-state index is 5.94. The third kappa shape index (κ3) is 4.57. The van der Waals surface area contributed by atoms with E-state index in [2.05, 4.69) is 10.1 Å². The molecule has 25 heavy (non-hydrogen) atoms. The van der Waals surface area contributed by atoms with Gasteiger partial charge in [0.1, 0.15) is 12.4 Å². The fraction of sp³-hybridized carbons (Fsp3) is 0.100. The molecule has 0 radical (unpaired) electrons. The van der Waals surface area contributed by atoms with Crippen molar-refractivity contribution in [1.82, 2.24) is 4.98 Å². The van der Waals surface area contributed by atoms with Gasteiger partial charge in [-0.15, -0.1) is 0 Å². The molecular weight excluding hydrogens is 314 g/mol. The summed E-state index contributed by atoms with van der Waals surface area (Å²) >= 11 is 0. The molecule has 3 rings (SSSR count). The minimum atomic E-state index is 0.271. The summed E-state index contributed by atoms with van der Waals surface area (Å²) < 4.78 is 5.64. The van der Waals surface area contributed by atoms with Gasteiger partial charge in [0.2, 0.25) is 5.88 Å². The Balaban J connectivity index is 1.60. The van der Waals surface area contributed by atoms with Crippen molar-refractivity contribution in [2.24, 2.45) is 10.9 Å². The summed E-state index contributed by atoms with van der Waals surface area (Å²) in [6.45, 7) is 2.40. The van der Waals surface area contributed by atoms with E-state index in [1.165, 1.54) is 0 Å². The van der Waals surface area contributed by atoms with Gasteiger partial charge in [-0.3, -0.25) is 0 Å². The van der Waals surface area contributed by atoms with E-state index in [0.717, 1.165) is 16.9 Å². The van der Waals surface area contributed by atoms with Crippen LogP contribution in [-0.2, 0) is 11.4 Å². The Morgan fingerprint density at radius 3 is 2.48 bits per heavy atom. The Bertz CT molecular complexity index is 846. The lowest BCUT2D eigenvalue weighted by atomic mass is 10.1. The number of benzene rings is 2. The average molecular weight is 333 g/mol. The summed E-state index contributed by atoms with van der Waals surface area (Å²) in [5.74, 6) is 1.49. The zero-order valence-corrected chi connectivity index (χ0v) is 13.9. The molecule has 0 unspecified atom stereocenters. The monoisotopic (exact) mass is 333 g/mol. The number of oxime groups is 1. The van der Waals surface area contributed by atoms with Gasteiger partial charge in [0.05, 0.1) is 0 Å². The number of ether oxygens (including phenoxy) is 1. The molecule has 1 heterocycles. The van der Waals surface area contributed by atoms with Crippen LogP contribution in [0.1, 0.15) is 16.7 Å². The van der Waals surface area contributed by atoms with Crippen LogP contribution in [0.2, 0.25) is 0 Å². The van der Waals surface area contributed by atoms with Gasteiger partial charge >= 0.3 is 0 Å². The first-order chi connectivity index (χ1) is 12.2. The highest BCUT2D eigenvalue weighted by Crippen LogP contribution is 2.18. The van der Waals surface area contributed by atoms with Gasteiger partial charge in [0.25, 0.3) is 0 Å². The first kappa shape index (κ1) is 16.5. The van der Waals surface area contributed by atoms with Gasteiger partial charge in [-0.05, 0) is 36.2 Å². The summed E-state index contributed by atoms with van der Waals surface area (Å²) in [6.07, 6.45) is 1.61. The molecule has 2 N–H and O–H groups in total. The number of rotatable bonds is 6. The van der Waals surface area contributed by atoms with E-state index >= 15 is 0 Å². The second kappa shape index (κ2) is 7.97. The molecule has 0 bridgehead atoms. The van der Waals surface area contributed by atoms with E-state index in [9.17, 15) is 0 Å². The Morgan fingerprint density at radius 2 is 1.76 bits per heavy atom. The second-order valence-electron chi connectivity index (χ2n) is 5.48. The van der Waals surface area contributed by atoms with Crippen LogP contribution < -0.4 is 10.5 Å². The number of nitrogens with zero attached hydrogens (tertiary/aromatic N) is 2. The smallest absolute Gasteiger partial charge is 0.219 e. The lowest BCUT2D eigenvalue weighted by molar-refractivity contribution is 0.130. The topological polar surface area (TPSA) is 69.7 Å². The Morgan fingerprint density at radius 1 is 1.00 bits per heavy atom. The quantitative estimate of drug-likeness (QED) is 0.420. The van der Waals surface area contributed by atoms with Crippen LogP contribution >= 0.6 is 0 Å². The third-order valence-corrected chi connectivity index (χ3v) is 3.64. The van der Waals surface area contributed by atoms with Crippen LogP contribution in [0.4, 0.5) is 0 Å². The van der Waals surface area contributed by atoms with E-state index in [-0.39, 0.29) is 5.84 Å². The van der Waals surface area contributed by atoms with Crippen molar-refractivity contribution < 1.29 is 9.57 Å². The third-order valence-electron chi connectivity index (χ3n) is 3.64. The van der Waals surface area contributed by atoms with Gasteiger partial charge in [0, 0.05) is 17.8 Å². The van der Waals surface area contributed by atoms with Gasteiger partial charge in [-0.25, -0.2) is 4.98 Å². The minimum absolute atomic E-state index is 0.271. The molecule has 126 valence electrons. The normalized spacial score (nSPS) is 11.2. The molecule has 0 aliphatic rings. The van der Waals surface area contributed by atoms with Crippen LogP contribution in [0, 0.1) is 6.92 Å². The largest absolute Gasteiger partial charge is 0.439 e. The lowest BCUT2D eigenvalue weighted by Crippen LogP contribution is -2.14. The molecule has 1 aromatic heterocycles. The van der Waals surface area contributed by atoms with Crippen molar-refractivity contribution in [2.75, 3.05) is 0 Å². The van der Waals surface area contributed by atoms with Gasteiger partial charge in [-0.2, -0.15) is 0 Å². The molecule has 5 nitrogen and oxygen atoms in total. The molecule has 0 aliphatic carbocycles. The van der Waals surface area contributed by atoms with Crippen LogP contribution in [0.15, 0.2) is 78.1 Å². The fourth-order valence-corrected chi connectivity index (χ4v) is 2.20. The van der Waals surface area contributed by atoms with Crippen LogP contribution in [-0.4, -0.2) is 10.8 Å². The number of hydrogen-bond donors (Lipinski definition) is 1. The molecule has 0 atom stereocenters. The molecule has 0 aliphatic heterocycles. The van der Waals surface area contributed by atoms with Crippen LogP contribution in [0.25, 0.3) is 0 Å². The zero-order valence-electron chi connectivity index (χ0n) is 13.9. The van der Waals surface area contributed by atoms with Crippen molar-refractivity contribution in [2.45, 2.75) is 13.5 Å². The van der Waals surface area contributed by atoms with Crippen LogP contribution in [0.5, 0.6) is 11.6 Å². The highest BCUT2D eigenvalue weighted by molar-refractivity contribution is 5.96. The van der Waals surface area contributed by atoms with E-state index < -0.39 is 0 Å². The van der Waals surface area contributed by atoms with E-state index in [4.69, 9.17) is 15.3 Å². The maximum Gasteiger partial charge on any atom is 0.219 e. The second-order valence-corrected chi connectivity index (χ2v) is 5.48.